The Balaban J connectivity index is 1.94. The van der Waals surface area contributed by atoms with E-state index in [2.05, 4.69) is 24.1 Å². The monoisotopic (exact) mass is 300 g/mol. The maximum absolute atomic E-state index is 6.05. The molecule has 1 saturated heterocycles. The lowest BCUT2D eigenvalue weighted by atomic mass is 10.1. The van der Waals surface area contributed by atoms with Gasteiger partial charge in [-0.05, 0) is 57.9 Å². The van der Waals surface area contributed by atoms with E-state index in [4.69, 9.17) is 23.2 Å². The number of hydrogen-bond donors (Lipinski definition) is 1. The van der Waals surface area contributed by atoms with Gasteiger partial charge < -0.3 is 10.2 Å². The number of anilines is 1. The van der Waals surface area contributed by atoms with Crippen molar-refractivity contribution in [1.29, 1.82) is 0 Å². The zero-order valence-electron chi connectivity index (χ0n) is 11.6. The van der Waals surface area contributed by atoms with E-state index in [1.54, 1.807) is 0 Å². The van der Waals surface area contributed by atoms with Crippen molar-refractivity contribution in [3.05, 3.63) is 28.2 Å². The molecule has 0 spiro atoms. The van der Waals surface area contributed by atoms with Crippen molar-refractivity contribution in [2.24, 2.45) is 0 Å². The molecule has 1 atom stereocenters. The molecular weight excluding hydrogens is 279 g/mol. The van der Waals surface area contributed by atoms with Gasteiger partial charge in [0, 0.05) is 24.3 Å². The molecule has 1 unspecified atom stereocenters. The normalized spacial score (nSPS) is 21.4. The Morgan fingerprint density at radius 2 is 1.95 bits per heavy atom. The van der Waals surface area contributed by atoms with Gasteiger partial charge in [-0.3, -0.25) is 0 Å². The molecule has 0 bridgehead atoms. The van der Waals surface area contributed by atoms with E-state index in [9.17, 15) is 0 Å². The van der Waals surface area contributed by atoms with Gasteiger partial charge in [-0.2, -0.15) is 0 Å². The van der Waals surface area contributed by atoms with Crippen LogP contribution in [-0.4, -0.2) is 30.1 Å². The SMILES string of the molecule is CC(C)N1CCCC(Nc2ccc(Cl)c(Cl)c2)CC1. The molecule has 1 aromatic carbocycles. The van der Waals surface area contributed by atoms with Gasteiger partial charge in [0.25, 0.3) is 0 Å². The van der Waals surface area contributed by atoms with Crippen LogP contribution in [0.1, 0.15) is 33.1 Å². The van der Waals surface area contributed by atoms with Crippen molar-refractivity contribution in [2.75, 3.05) is 18.4 Å². The fraction of sp³-hybridized carbons (Fsp3) is 0.600. The van der Waals surface area contributed by atoms with Crippen LogP contribution in [-0.2, 0) is 0 Å². The molecule has 1 fully saturated rings. The van der Waals surface area contributed by atoms with Crippen LogP contribution in [0.2, 0.25) is 10.0 Å². The molecule has 0 aromatic heterocycles. The number of likely N-dealkylation sites (tertiary alicyclic amines) is 1. The largest absolute Gasteiger partial charge is 0.382 e. The molecular formula is C15H22Cl2N2. The standard InChI is InChI=1S/C15H22Cl2N2/c1-11(2)19-8-3-4-12(7-9-19)18-13-5-6-14(16)15(17)10-13/h5-6,10-12,18H,3-4,7-9H2,1-2H3. The third-order valence-corrected chi connectivity index (χ3v) is 4.52. The van der Waals surface area contributed by atoms with E-state index in [0.717, 1.165) is 12.2 Å². The van der Waals surface area contributed by atoms with Crippen LogP contribution < -0.4 is 5.32 Å². The lowest BCUT2D eigenvalue weighted by Gasteiger charge is -2.24. The van der Waals surface area contributed by atoms with Crippen LogP contribution >= 0.6 is 23.2 Å². The van der Waals surface area contributed by atoms with Gasteiger partial charge in [0.05, 0.1) is 10.0 Å². The zero-order valence-corrected chi connectivity index (χ0v) is 13.1. The van der Waals surface area contributed by atoms with Crippen LogP contribution in [0.5, 0.6) is 0 Å². The molecule has 1 aliphatic rings. The topological polar surface area (TPSA) is 15.3 Å². The maximum atomic E-state index is 6.05. The van der Waals surface area contributed by atoms with E-state index in [0.29, 0.717) is 22.1 Å². The molecule has 106 valence electrons. The highest BCUT2D eigenvalue weighted by Gasteiger charge is 2.18. The van der Waals surface area contributed by atoms with Crippen molar-refractivity contribution >= 4 is 28.9 Å². The highest BCUT2D eigenvalue weighted by atomic mass is 35.5. The van der Waals surface area contributed by atoms with Crippen LogP contribution in [0.4, 0.5) is 5.69 Å². The van der Waals surface area contributed by atoms with Crippen LogP contribution in [0.25, 0.3) is 0 Å². The fourth-order valence-electron chi connectivity index (χ4n) is 2.60. The van der Waals surface area contributed by atoms with E-state index < -0.39 is 0 Å². The summed E-state index contributed by atoms with van der Waals surface area (Å²) >= 11 is 12.0. The van der Waals surface area contributed by atoms with Crippen molar-refractivity contribution in [2.45, 2.75) is 45.2 Å². The van der Waals surface area contributed by atoms with Crippen LogP contribution in [0, 0.1) is 0 Å². The maximum Gasteiger partial charge on any atom is 0.0612 e. The quantitative estimate of drug-likeness (QED) is 0.873. The second-order valence-corrected chi connectivity index (χ2v) is 6.35. The van der Waals surface area contributed by atoms with Gasteiger partial charge in [0.2, 0.25) is 0 Å². The predicted octanol–water partition coefficient (Wildman–Crippen LogP) is 4.67. The summed E-state index contributed by atoms with van der Waals surface area (Å²) in [6.45, 7) is 6.91. The molecule has 2 rings (SSSR count). The van der Waals surface area contributed by atoms with Gasteiger partial charge >= 0.3 is 0 Å². The summed E-state index contributed by atoms with van der Waals surface area (Å²) in [5.74, 6) is 0. The zero-order chi connectivity index (χ0) is 13.8. The van der Waals surface area contributed by atoms with Crippen LogP contribution in [0.15, 0.2) is 18.2 Å². The summed E-state index contributed by atoms with van der Waals surface area (Å²) in [6, 6.07) is 6.93. The molecule has 1 aliphatic heterocycles. The third-order valence-electron chi connectivity index (χ3n) is 3.78. The van der Waals surface area contributed by atoms with E-state index in [-0.39, 0.29) is 0 Å². The van der Waals surface area contributed by atoms with E-state index >= 15 is 0 Å². The molecule has 0 aliphatic carbocycles. The molecule has 19 heavy (non-hydrogen) atoms. The molecule has 4 heteroatoms. The Morgan fingerprint density at radius 1 is 1.16 bits per heavy atom. The number of nitrogens with one attached hydrogen (secondary N) is 1. The lowest BCUT2D eigenvalue weighted by Crippen LogP contribution is -2.32. The number of halogens is 2. The summed E-state index contributed by atoms with van der Waals surface area (Å²) in [5.41, 5.74) is 1.07. The Labute approximate surface area is 126 Å². The Kier molecular flexibility index (Phi) is 5.37. The minimum atomic E-state index is 0.529. The number of hydrogen-bond acceptors (Lipinski definition) is 2. The smallest absolute Gasteiger partial charge is 0.0612 e. The van der Waals surface area contributed by atoms with E-state index in [1.165, 1.54) is 25.8 Å². The molecule has 2 nitrogen and oxygen atoms in total. The number of nitrogens with zero attached hydrogens (tertiary/aromatic N) is 1. The Morgan fingerprint density at radius 3 is 2.63 bits per heavy atom. The first kappa shape index (κ1) is 15.0. The highest BCUT2D eigenvalue weighted by Crippen LogP contribution is 2.26. The molecule has 1 N–H and O–H groups in total. The highest BCUT2D eigenvalue weighted by molar-refractivity contribution is 6.42. The number of benzene rings is 1. The van der Waals surface area contributed by atoms with Crippen LogP contribution in [0.3, 0.4) is 0 Å². The summed E-state index contributed by atoms with van der Waals surface area (Å²) in [7, 11) is 0. The van der Waals surface area contributed by atoms with Crippen molar-refractivity contribution < 1.29 is 0 Å². The molecule has 1 heterocycles. The first-order valence-electron chi connectivity index (χ1n) is 7.02. The molecule has 1 aromatic rings. The second kappa shape index (κ2) is 6.83. The van der Waals surface area contributed by atoms with Gasteiger partial charge in [-0.1, -0.05) is 23.2 Å². The Hall–Kier alpha value is -0.440. The van der Waals surface area contributed by atoms with E-state index in [1.807, 2.05) is 18.2 Å². The molecule has 0 amide bonds. The summed E-state index contributed by atoms with van der Waals surface area (Å²) < 4.78 is 0. The van der Waals surface area contributed by atoms with Crippen molar-refractivity contribution in [1.82, 2.24) is 4.90 Å². The summed E-state index contributed by atoms with van der Waals surface area (Å²) in [5, 5.41) is 4.80. The predicted molar refractivity (Wildman–Crippen MR) is 84.4 cm³/mol. The van der Waals surface area contributed by atoms with Crippen molar-refractivity contribution in [3.63, 3.8) is 0 Å². The summed E-state index contributed by atoms with van der Waals surface area (Å²) in [6.07, 6.45) is 3.64. The average molecular weight is 301 g/mol. The Bertz CT molecular complexity index is 421. The minimum Gasteiger partial charge on any atom is -0.382 e. The third kappa shape index (κ3) is 4.27. The van der Waals surface area contributed by atoms with Gasteiger partial charge in [-0.15, -0.1) is 0 Å². The molecule has 0 radical (unpaired) electrons. The second-order valence-electron chi connectivity index (χ2n) is 5.53. The minimum absolute atomic E-state index is 0.529. The van der Waals surface area contributed by atoms with Gasteiger partial charge in [0.15, 0.2) is 0 Å². The number of rotatable bonds is 3. The van der Waals surface area contributed by atoms with Gasteiger partial charge in [-0.25, -0.2) is 0 Å². The first-order valence-corrected chi connectivity index (χ1v) is 7.77. The first-order chi connectivity index (χ1) is 9.06. The fourth-order valence-corrected chi connectivity index (χ4v) is 2.90. The average Bonchev–Trinajstić information content (AvgIpc) is 2.59. The summed E-state index contributed by atoms with van der Waals surface area (Å²) in [4.78, 5) is 2.55. The lowest BCUT2D eigenvalue weighted by molar-refractivity contribution is 0.230. The molecule has 0 saturated carbocycles. The van der Waals surface area contributed by atoms with Gasteiger partial charge in [0.1, 0.15) is 0 Å². The van der Waals surface area contributed by atoms with Crippen molar-refractivity contribution in [3.8, 4) is 0 Å².